The van der Waals surface area contributed by atoms with Crippen molar-refractivity contribution in [2.45, 2.75) is 11.4 Å². The van der Waals surface area contributed by atoms with E-state index in [1.165, 1.54) is 18.3 Å². The SMILES string of the molecule is N#Cc1cccc(S(=O)(=O)CCNCc2ccno2)c1. The van der Waals surface area contributed by atoms with Crippen LogP contribution < -0.4 is 5.32 Å². The summed E-state index contributed by atoms with van der Waals surface area (Å²) in [5, 5.41) is 15.3. The molecular formula is C13H13N3O3S. The van der Waals surface area contributed by atoms with Crippen molar-refractivity contribution in [2.24, 2.45) is 0 Å². The molecule has 1 N–H and O–H groups in total. The average Bonchev–Trinajstić information content (AvgIpc) is 2.97. The molecule has 0 aliphatic rings. The summed E-state index contributed by atoms with van der Waals surface area (Å²) in [6.07, 6.45) is 1.53. The van der Waals surface area contributed by atoms with Crippen LogP contribution in [0.3, 0.4) is 0 Å². The fourth-order valence-electron chi connectivity index (χ4n) is 1.63. The molecule has 0 atom stereocenters. The molecule has 0 aliphatic carbocycles. The first kappa shape index (κ1) is 14.2. The van der Waals surface area contributed by atoms with Crippen LogP contribution in [0.1, 0.15) is 11.3 Å². The van der Waals surface area contributed by atoms with Gasteiger partial charge < -0.3 is 9.84 Å². The largest absolute Gasteiger partial charge is 0.360 e. The zero-order chi connectivity index (χ0) is 14.4. The topological polar surface area (TPSA) is 96.0 Å². The van der Waals surface area contributed by atoms with Crippen molar-refractivity contribution in [3.8, 4) is 6.07 Å². The summed E-state index contributed by atoms with van der Waals surface area (Å²) in [6, 6.07) is 9.64. The minimum atomic E-state index is -3.39. The first-order valence-corrected chi connectivity index (χ1v) is 7.60. The first-order valence-electron chi connectivity index (χ1n) is 5.95. The van der Waals surface area contributed by atoms with Crippen molar-refractivity contribution in [3.63, 3.8) is 0 Å². The van der Waals surface area contributed by atoms with Gasteiger partial charge in [-0.25, -0.2) is 8.42 Å². The van der Waals surface area contributed by atoms with E-state index >= 15 is 0 Å². The Hall–Kier alpha value is -2.17. The molecule has 1 aromatic heterocycles. The number of aromatic nitrogens is 1. The van der Waals surface area contributed by atoms with Gasteiger partial charge in [0.05, 0.1) is 35.0 Å². The highest BCUT2D eigenvalue weighted by molar-refractivity contribution is 7.91. The van der Waals surface area contributed by atoms with Gasteiger partial charge in [0.2, 0.25) is 0 Å². The van der Waals surface area contributed by atoms with Crippen LogP contribution in [-0.2, 0) is 16.4 Å². The monoisotopic (exact) mass is 291 g/mol. The fraction of sp³-hybridized carbons (Fsp3) is 0.231. The molecule has 0 saturated carbocycles. The average molecular weight is 291 g/mol. The molecule has 2 aromatic rings. The Balaban J connectivity index is 1.92. The Kier molecular flexibility index (Phi) is 4.50. The maximum absolute atomic E-state index is 12.1. The highest BCUT2D eigenvalue weighted by atomic mass is 32.2. The van der Waals surface area contributed by atoms with Crippen molar-refractivity contribution in [1.82, 2.24) is 10.5 Å². The zero-order valence-corrected chi connectivity index (χ0v) is 11.4. The molecule has 2 rings (SSSR count). The van der Waals surface area contributed by atoms with Crippen LogP contribution in [-0.4, -0.2) is 25.9 Å². The van der Waals surface area contributed by atoms with Crippen molar-refractivity contribution in [1.29, 1.82) is 5.26 Å². The predicted octanol–water partition coefficient (Wildman–Crippen LogP) is 1.11. The van der Waals surface area contributed by atoms with Gasteiger partial charge in [0, 0.05) is 12.6 Å². The summed E-state index contributed by atoms with van der Waals surface area (Å²) < 4.78 is 29.0. The van der Waals surface area contributed by atoms with Crippen LogP contribution in [0.5, 0.6) is 0 Å². The van der Waals surface area contributed by atoms with Gasteiger partial charge in [-0.2, -0.15) is 5.26 Å². The Bertz CT molecular complexity index is 703. The normalized spacial score (nSPS) is 11.2. The van der Waals surface area contributed by atoms with Crippen molar-refractivity contribution in [3.05, 3.63) is 47.9 Å². The lowest BCUT2D eigenvalue weighted by Gasteiger charge is -2.05. The quantitative estimate of drug-likeness (QED) is 0.801. The predicted molar refractivity (Wildman–Crippen MR) is 71.4 cm³/mol. The summed E-state index contributed by atoms with van der Waals surface area (Å²) in [4.78, 5) is 0.165. The molecular weight excluding hydrogens is 278 g/mol. The van der Waals surface area contributed by atoms with Crippen LogP contribution in [0.15, 0.2) is 45.9 Å². The number of sulfone groups is 1. The van der Waals surface area contributed by atoms with Gasteiger partial charge in [0.15, 0.2) is 9.84 Å². The number of benzene rings is 1. The second-order valence-electron chi connectivity index (χ2n) is 4.11. The number of rotatable bonds is 6. The summed E-state index contributed by atoms with van der Waals surface area (Å²) in [7, 11) is -3.39. The molecule has 1 heterocycles. The van der Waals surface area contributed by atoms with Gasteiger partial charge >= 0.3 is 0 Å². The van der Waals surface area contributed by atoms with E-state index < -0.39 is 9.84 Å². The van der Waals surface area contributed by atoms with E-state index in [1.54, 1.807) is 18.2 Å². The van der Waals surface area contributed by atoms with E-state index in [9.17, 15) is 8.42 Å². The molecule has 0 amide bonds. The summed E-state index contributed by atoms with van der Waals surface area (Å²) in [6.45, 7) is 0.716. The maximum atomic E-state index is 12.1. The van der Waals surface area contributed by atoms with Gasteiger partial charge in [0.1, 0.15) is 5.76 Å². The molecule has 0 aliphatic heterocycles. The van der Waals surface area contributed by atoms with Crippen LogP contribution in [0.4, 0.5) is 0 Å². The Morgan fingerprint density at radius 1 is 1.35 bits per heavy atom. The molecule has 7 heteroatoms. The van der Waals surface area contributed by atoms with Gasteiger partial charge in [-0.15, -0.1) is 0 Å². The lowest BCUT2D eigenvalue weighted by Crippen LogP contribution is -2.22. The van der Waals surface area contributed by atoms with Crippen LogP contribution in [0, 0.1) is 11.3 Å². The minimum Gasteiger partial charge on any atom is -0.360 e. The van der Waals surface area contributed by atoms with Crippen molar-refractivity contribution in [2.75, 3.05) is 12.3 Å². The molecule has 0 saturated heterocycles. The molecule has 0 spiro atoms. The van der Waals surface area contributed by atoms with E-state index in [-0.39, 0.29) is 10.6 Å². The van der Waals surface area contributed by atoms with Crippen LogP contribution in [0.2, 0.25) is 0 Å². The number of hydrogen-bond acceptors (Lipinski definition) is 6. The smallest absolute Gasteiger partial charge is 0.179 e. The highest BCUT2D eigenvalue weighted by Gasteiger charge is 2.14. The molecule has 0 radical (unpaired) electrons. The Labute approximate surface area is 116 Å². The highest BCUT2D eigenvalue weighted by Crippen LogP contribution is 2.12. The Morgan fingerprint density at radius 2 is 2.20 bits per heavy atom. The molecule has 0 fully saturated rings. The van der Waals surface area contributed by atoms with Gasteiger partial charge in [-0.3, -0.25) is 0 Å². The summed E-state index contributed by atoms with van der Waals surface area (Å²) in [5.41, 5.74) is 0.334. The van der Waals surface area contributed by atoms with Crippen molar-refractivity contribution < 1.29 is 12.9 Å². The number of hydrogen-bond donors (Lipinski definition) is 1. The van der Waals surface area contributed by atoms with Crippen LogP contribution in [0.25, 0.3) is 0 Å². The second-order valence-corrected chi connectivity index (χ2v) is 6.22. The van der Waals surface area contributed by atoms with E-state index in [4.69, 9.17) is 9.78 Å². The van der Waals surface area contributed by atoms with Gasteiger partial charge in [0.25, 0.3) is 0 Å². The third-order valence-corrected chi connectivity index (χ3v) is 4.37. The number of nitrogens with one attached hydrogen (secondary N) is 1. The molecule has 0 unspecified atom stereocenters. The zero-order valence-electron chi connectivity index (χ0n) is 10.6. The maximum Gasteiger partial charge on any atom is 0.179 e. The molecule has 6 nitrogen and oxygen atoms in total. The standard InChI is InChI=1S/C13H13N3O3S/c14-9-11-2-1-3-13(8-11)20(17,18)7-6-15-10-12-4-5-16-19-12/h1-5,8,15H,6-7,10H2. The van der Waals surface area contributed by atoms with E-state index in [2.05, 4.69) is 10.5 Å². The molecule has 104 valence electrons. The lowest BCUT2D eigenvalue weighted by atomic mass is 10.2. The number of nitrogens with zero attached hydrogens (tertiary/aromatic N) is 2. The fourth-order valence-corrected chi connectivity index (χ4v) is 2.87. The van der Waals surface area contributed by atoms with E-state index in [0.29, 0.717) is 24.4 Å². The number of nitriles is 1. The molecule has 1 aromatic carbocycles. The third-order valence-electron chi connectivity index (χ3n) is 2.66. The van der Waals surface area contributed by atoms with Crippen molar-refractivity contribution >= 4 is 9.84 Å². The summed E-state index contributed by atoms with van der Waals surface area (Å²) >= 11 is 0. The van der Waals surface area contributed by atoms with Gasteiger partial charge in [-0.1, -0.05) is 11.2 Å². The minimum absolute atomic E-state index is 0.0456. The Morgan fingerprint density at radius 3 is 2.90 bits per heavy atom. The summed E-state index contributed by atoms with van der Waals surface area (Å²) in [5.74, 6) is 0.601. The third kappa shape index (κ3) is 3.66. The second kappa shape index (κ2) is 6.32. The van der Waals surface area contributed by atoms with E-state index in [0.717, 1.165) is 0 Å². The molecule has 20 heavy (non-hydrogen) atoms. The van der Waals surface area contributed by atoms with E-state index in [1.807, 2.05) is 6.07 Å². The molecule has 0 bridgehead atoms. The lowest BCUT2D eigenvalue weighted by molar-refractivity contribution is 0.374. The first-order chi connectivity index (χ1) is 9.62. The van der Waals surface area contributed by atoms with Gasteiger partial charge in [-0.05, 0) is 18.2 Å². The van der Waals surface area contributed by atoms with Crippen LogP contribution >= 0.6 is 0 Å².